The molecule has 0 aromatic carbocycles. The number of hydrogen-bond donors (Lipinski definition) is 1. The normalized spacial score (nSPS) is 24.7. The molecule has 2 nitrogen and oxygen atoms in total. The Labute approximate surface area is 108 Å². The van der Waals surface area contributed by atoms with E-state index < -0.39 is 0 Å². The van der Waals surface area contributed by atoms with E-state index in [4.69, 9.17) is 0 Å². The van der Waals surface area contributed by atoms with Crippen molar-refractivity contribution in [2.45, 2.75) is 41.0 Å². The minimum absolute atomic E-state index is 0.377. The third kappa shape index (κ3) is 6.42. The van der Waals surface area contributed by atoms with Crippen LogP contribution in [0, 0.1) is 23.2 Å². The van der Waals surface area contributed by atoms with Crippen LogP contribution in [0.15, 0.2) is 0 Å². The molecule has 102 valence electrons. The van der Waals surface area contributed by atoms with E-state index in [1.54, 1.807) is 0 Å². The Morgan fingerprint density at radius 2 is 1.94 bits per heavy atom. The van der Waals surface area contributed by atoms with Gasteiger partial charge in [0.25, 0.3) is 0 Å². The summed E-state index contributed by atoms with van der Waals surface area (Å²) in [7, 11) is 2.27. The van der Waals surface area contributed by atoms with Crippen LogP contribution in [0.3, 0.4) is 0 Å². The molecule has 1 fully saturated rings. The van der Waals surface area contributed by atoms with Gasteiger partial charge >= 0.3 is 0 Å². The standard InChI is InChI=1S/C15H32N2/c1-12(2)8-16-10-15(4,5)11-17(6)9-14-7-13(14)3/h12-14,16H,7-11H2,1-6H3. The minimum Gasteiger partial charge on any atom is -0.316 e. The maximum absolute atomic E-state index is 3.58. The van der Waals surface area contributed by atoms with Gasteiger partial charge in [-0.15, -0.1) is 0 Å². The minimum atomic E-state index is 0.377. The highest BCUT2D eigenvalue weighted by atomic mass is 15.1. The molecule has 0 radical (unpaired) electrons. The maximum Gasteiger partial charge on any atom is 0.00419 e. The fourth-order valence-corrected chi connectivity index (χ4v) is 2.60. The summed E-state index contributed by atoms with van der Waals surface area (Å²) in [6.07, 6.45) is 1.44. The largest absolute Gasteiger partial charge is 0.316 e. The Bertz CT molecular complexity index is 223. The highest BCUT2D eigenvalue weighted by Crippen LogP contribution is 2.38. The number of nitrogens with zero attached hydrogens (tertiary/aromatic N) is 1. The van der Waals surface area contributed by atoms with Crippen molar-refractivity contribution in [3.05, 3.63) is 0 Å². The van der Waals surface area contributed by atoms with Crippen molar-refractivity contribution in [2.24, 2.45) is 23.2 Å². The highest BCUT2D eigenvalue weighted by molar-refractivity contribution is 4.86. The predicted octanol–water partition coefficient (Wildman–Crippen LogP) is 2.85. The lowest BCUT2D eigenvalue weighted by atomic mass is 9.92. The molecule has 17 heavy (non-hydrogen) atoms. The van der Waals surface area contributed by atoms with Crippen molar-refractivity contribution in [2.75, 3.05) is 33.2 Å². The molecule has 1 aliphatic carbocycles. The zero-order valence-corrected chi connectivity index (χ0v) is 12.7. The van der Waals surface area contributed by atoms with Crippen LogP contribution in [0.25, 0.3) is 0 Å². The first kappa shape index (κ1) is 15.0. The molecule has 0 heterocycles. The number of hydrogen-bond acceptors (Lipinski definition) is 2. The second-order valence-electron chi connectivity index (χ2n) is 7.36. The summed E-state index contributed by atoms with van der Waals surface area (Å²) in [4.78, 5) is 2.52. The van der Waals surface area contributed by atoms with Gasteiger partial charge in [-0.1, -0.05) is 34.6 Å². The van der Waals surface area contributed by atoms with Gasteiger partial charge in [0.05, 0.1) is 0 Å². The van der Waals surface area contributed by atoms with Crippen LogP contribution in [-0.4, -0.2) is 38.1 Å². The topological polar surface area (TPSA) is 15.3 Å². The van der Waals surface area contributed by atoms with Crippen LogP contribution in [0.1, 0.15) is 41.0 Å². The quantitative estimate of drug-likeness (QED) is 0.702. The van der Waals surface area contributed by atoms with E-state index in [-0.39, 0.29) is 0 Å². The summed E-state index contributed by atoms with van der Waals surface area (Å²) in [5.41, 5.74) is 0.377. The molecule has 0 bridgehead atoms. The Hall–Kier alpha value is -0.0800. The summed E-state index contributed by atoms with van der Waals surface area (Å²) < 4.78 is 0. The molecule has 1 saturated carbocycles. The van der Waals surface area contributed by atoms with Crippen LogP contribution < -0.4 is 5.32 Å². The first-order valence-electron chi connectivity index (χ1n) is 7.19. The average molecular weight is 240 g/mol. The van der Waals surface area contributed by atoms with Gasteiger partial charge in [0.1, 0.15) is 0 Å². The fourth-order valence-electron chi connectivity index (χ4n) is 2.60. The lowest BCUT2D eigenvalue weighted by molar-refractivity contribution is 0.195. The van der Waals surface area contributed by atoms with Crippen molar-refractivity contribution >= 4 is 0 Å². The lowest BCUT2D eigenvalue weighted by Gasteiger charge is -2.31. The van der Waals surface area contributed by atoms with Crippen LogP contribution >= 0.6 is 0 Å². The molecule has 0 saturated heterocycles. The number of rotatable bonds is 8. The number of nitrogens with one attached hydrogen (secondary N) is 1. The summed E-state index contributed by atoms with van der Waals surface area (Å²) in [6, 6.07) is 0. The Kier molecular flexibility index (Phi) is 5.46. The van der Waals surface area contributed by atoms with Gasteiger partial charge in [-0.25, -0.2) is 0 Å². The molecule has 2 heteroatoms. The van der Waals surface area contributed by atoms with Crippen LogP contribution in [0.4, 0.5) is 0 Å². The van der Waals surface area contributed by atoms with Crippen molar-refractivity contribution in [3.63, 3.8) is 0 Å². The SMILES string of the molecule is CC(C)CNCC(C)(C)CN(C)CC1CC1C. The van der Waals surface area contributed by atoms with Gasteiger partial charge in [-0.2, -0.15) is 0 Å². The van der Waals surface area contributed by atoms with Crippen molar-refractivity contribution < 1.29 is 0 Å². The van der Waals surface area contributed by atoms with Crippen LogP contribution in [0.5, 0.6) is 0 Å². The van der Waals surface area contributed by atoms with Gasteiger partial charge in [-0.3, -0.25) is 0 Å². The van der Waals surface area contributed by atoms with Gasteiger partial charge in [0.2, 0.25) is 0 Å². The first-order chi connectivity index (χ1) is 7.80. The summed E-state index contributed by atoms with van der Waals surface area (Å²) in [6.45, 7) is 16.4. The molecule has 0 aromatic heterocycles. The van der Waals surface area contributed by atoms with Gasteiger partial charge < -0.3 is 10.2 Å². The van der Waals surface area contributed by atoms with E-state index in [0.29, 0.717) is 5.41 Å². The van der Waals surface area contributed by atoms with Gasteiger partial charge in [0, 0.05) is 19.6 Å². The Balaban J connectivity index is 2.17. The molecule has 2 atom stereocenters. The van der Waals surface area contributed by atoms with Gasteiger partial charge in [0.15, 0.2) is 0 Å². The van der Waals surface area contributed by atoms with E-state index in [1.165, 1.54) is 19.5 Å². The lowest BCUT2D eigenvalue weighted by Crippen LogP contribution is -2.40. The zero-order chi connectivity index (χ0) is 13.1. The monoisotopic (exact) mass is 240 g/mol. The molecule has 1 N–H and O–H groups in total. The molecule has 2 unspecified atom stereocenters. The van der Waals surface area contributed by atoms with Gasteiger partial charge in [-0.05, 0) is 43.2 Å². The van der Waals surface area contributed by atoms with Crippen molar-refractivity contribution in [3.8, 4) is 0 Å². The maximum atomic E-state index is 3.58. The average Bonchev–Trinajstić information content (AvgIpc) is 2.78. The van der Waals surface area contributed by atoms with Crippen LogP contribution in [0.2, 0.25) is 0 Å². The second kappa shape index (κ2) is 6.19. The smallest absolute Gasteiger partial charge is 0.00419 e. The van der Waals surface area contributed by atoms with E-state index in [0.717, 1.165) is 30.8 Å². The summed E-state index contributed by atoms with van der Waals surface area (Å²) in [5, 5.41) is 3.58. The summed E-state index contributed by atoms with van der Waals surface area (Å²) >= 11 is 0. The molecular formula is C15H32N2. The Morgan fingerprint density at radius 1 is 1.35 bits per heavy atom. The van der Waals surface area contributed by atoms with Crippen molar-refractivity contribution in [1.82, 2.24) is 10.2 Å². The third-order valence-electron chi connectivity index (χ3n) is 3.68. The van der Waals surface area contributed by atoms with E-state index in [2.05, 4.69) is 51.9 Å². The molecule has 1 aliphatic rings. The second-order valence-corrected chi connectivity index (χ2v) is 7.36. The van der Waals surface area contributed by atoms with E-state index in [9.17, 15) is 0 Å². The van der Waals surface area contributed by atoms with E-state index in [1.807, 2.05) is 0 Å². The predicted molar refractivity (Wildman–Crippen MR) is 76.3 cm³/mol. The molecule has 0 amide bonds. The first-order valence-corrected chi connectivity index (χ1v) is 7.19. The molecule has 1 rings (SSSR count). The summed E-state index contributed by atoms with van der Waals surface area (Å²) in [5.74, 6) is 2.69. The van der Waals surface area contributed by atoms with E-state index >= 15 is 0 Å². The van der Waals surface area contributed by atoms with Crippen molar-refractivity contribution in [1.29, 1.82) is 0 Å². The highest BCUT2D eigenvalue weighted by Gasteiger charge is 2.34. The molecule has 0 spiro atoms. The Morgan fingerprint density at radius 3 is 2.41 bits per heavy atom. The fraction of sp³-hybridized carbons (Fsp3) is 1.00. The molecular weight excluding hydrogens is 208 g/mol. The molecule has 0 aromatic rings. The zero-order valence-electron chi connectivity index (χ0n) is 12.7. The third-order valence-corrected chi connectivity index (χ3v) is 3.68. The molecule has 0 aliphatic heterocycles. The van der Waals surface area contributed by atoms with Crippen LogP contribution in [-0.2, 0) is 0 Å².